The molecule has 0 saturated heterocycles. The van der Waals surface area contributed by atoms with E-state index in [1.165, 1.54) is 24.4 Å². The Morgan fingerprint density at radius 1 is 0.949 bits per heavy atom. The van der Waals surface area contributed by atoms with Gasteiger partial charge in [0.05, 0.1) is 16.8 Å². The second-order valence-corrected chi connectivity index (χ2v) is 11.1. The van der Waals surface area contributed by atoms with Crippen molar-refractivity contribution in [3.05, 3.63) is 124 Å². The summed E-state index contributed by atoms with van der Waals surface area (Å²) < 4.78 is 34.0. The first kappa shape index (κ1) is 27.9. The van der Waals surface area contributed by atoms with Gasteiger partial charge in [0.1, 0.15) is 18.9 Å². The number of carbonyl (C=O) groups excluding carboxylic acids is 1. The Morgan fingerprint density at radius 3 is 2.36 bits per heavy atom. The van der Waals surface area contributed by atoms with Crippen LogP contribution in [0.25, 0.3) is 0 Å². The van der Waals surface area contributed by atoms with Gasteiger partial charge in [-0.1, -0.05) is 77.8 Å². The van der Waals surface area contributed by atoms with Crippen LogP contribution in [0.15, 0.2) is 107 Å². The van der Waals surface area contributed by atoms with E-state index < -0.39 is 22.5 Å². The van der Waals surface area contributed by atoms with Crippen molar-refractivity contribution in [2.45, 2.75) is 25.3 Å². The van der Waals surface area contributed by atoms with E-state index in [0.29, 0.717) is 22.9 Å². The van der Waals surface area contributed by atoms with Crippen molar-refractivity contribution in [1.82, 2.24) is 5.43 Å². The Bertz CT molecular complexity index is 1570. The first-order valence-electron chi connectivity index (χ1n) is 12.2. The summed E-state index contributed by atoms with van der Waals surface area (Å²) in [6, 6.07) is 28.3. The molecule has 39 heavy (non-hydrogen) atoms. The molecule has 4 aromatic rings. The number of hydrogen-bond donors (Lipinski definition) is 1. The molecule has 0 aromatic heterocycles. The van der Waals surface area contributed by atoms with Crippen molar-refractivity contribution in [2.24, 2.45) is 5.10 Å². The third kappa shape index (κ3) is 7.25. The van der Waals surface area contributed by atoms with Gasteiger partial charge in [-0.15, -0.1) is 0 Å². The highest BCUT2D eigenvalue weighted by Gasteiger charge is 2.27. The largest absolute Gasteiger partial charge is 0.488 e. The monoisotopic (exact) mass is 561 g/mol. The van der Waals surface area contributed by atoms with E-state index in [9.17, 15) is 13.2 Å². The van der Waals surface area contributed by atoms with Crippen LogP contribution in [0.3, 0.4) is 0 Å². The summed E-state index contributed by atoms with van der Waals surface area (Å²) in [5.74, 6) is -0.0291. The number of hydrogen-bond acceptors (Lipinski definition) is 5. The molecule has 0 aliphatic heterocycles. The Hall–Kier alpha value is -4.14. The number of rotatable bonds is 10. The van der Waals surface area contributed by atoms with Crippen LogP contribution in [0.1, 0.15) is 22.3 Å². The molecule has 0 heterocycles. The van der Waals surface area contributed by atoms with Gasteiger partial charge in [-0.3, -0.25) is 9.10 Å². The van der Waals surface area contributed by atoms with Gasteiger partial charge in [0, 0.05) is 10.6 Å². The molecule has 0 radical (unpaired) electrons. The number of para-hydroxylation sites is 1. The molecular weight excluding hydrogens is 534 g/mol. The fourth-order valence-electron chi connectivity index (χ4n) is 3.68. The molecule has 0 spiro atoms. The van der Waals surface area contributed by atoms with E-state index in [-0.39, 0.29) is 10.6 Å². The van der Waals surface area contributed by atoms with Crippen LogP contribution in [0, 0.1) is 13.8 Å². The zero-order valence-electron chi connectivity index (χ0n) is 21.5. The lowest BCUT2D eigenvalue weighted by Gasteiger charge is -2.24. The molecule has 7 nitrogen and oxygen atoms in total. The van der Waals surface area contributed by atoms with Crippen LogP contribution >= 0.6 is 11.6 Å². The molecule has 200 valence electrons. The van der Waals surface area contributed by atoms with Gasteiger partial charge in [-0.2, -0.15) is 5.10 Å². The standard InChI is InChI=1S/C30H28ClN3O4S/c1-22-12-16-27(17-13-22)39(36,37)34(26-15-14-23(2)28(31)18-26)20-30(35)33-32-19-25-10-6-7-11-29(25)38-21-24-8-4-3-5-9-24/h3-19H,20-21H2,1-2H3,(H,33,35)/b32-19-. The molecule has 0 atom stereocenters. The molecule has 0 saturated carbocycles. The van der Waals surface area contributed by atoms with E-state index in [1.807, 2.05) is 62.4 Å². The second-order valence-electron chi connectivity index (χ2n) is 8.86. The lowest BCUT2D eigenvalue weighted by Crippen LogP contribution is -2.39. The second kappa shape index (κ2) is 12.6. The Labute approximate surface area is 233 Å². The molecule has 0 bridgehead atoms. The highest BCUT2D eigenvalue weighted by Crippen LogP contribution is 2.28. The van der Waals surface area contributed by atoms with Gasteiger partial charge >= 0.3 is 0 Å². The van der Waals surface area contributed by atoms with Crippen LogP contribution in [0.4, 0.5) is 5.69 Å². The Morgan fingerprint density at radius 2 is 1.64 bits per heavy atom. The predicted octanol–water partition coefficient (Wildman–Crippen LogP) is 5.88. The van der Waals surface area contributed by atoms with Gasteiger partial charge in [0.15, 0.2) is 0 Å². The topological polar surface area (TPSA) is 88.1 Å². The zero-order valence-corrected chi connectivity index (χ0v) is 23.1. The highest BCUT2D eigenvalue weighted by molar-refractivity contribution is 7.92. The lowest BCUT2D eigenvalue weighted by molar-refractivity contribution is -0.119. The molecule has 4 aromatic carbocycles. The smallest absolute Gasteiger partial charge is 0.264 e. The van der Waals surface area contributed by atoms with Gasteiger partial charge in [-0.05, 0) is 61.4 Å². The quantitative estimate of drug-likeness (QED) is 0.193. The Kier molecular flexibility index (Phi) is 9.01. The van der Waals surface area contributed by atoms with E-state index in [4.69, 9.17) is 16.3 Å². The van der Waals surface area contributed by atoms with E-state index in [2.05, 4.69) is 10.5 Å². The number of anilines is 1. The van der Waals surface area contributed by atoms with E-state index >= 15 is 0 Å². The summed E-state index contributed by atoms with van der Waals surface area (Å²) in [7, 11) is -4.07. The Balaban J connectivity index is 1.51. The highest BCUT2D eigenvalue weighted by atomic mass is 35.5. The molecule has 4 rings (SSSR count). The number of aryl methyl sites for hydroxylation is 2. The van der Waals surface area contributed by atoms with E-state index in [0.717, 1.165) is 21.0 Å². The third-order valence-corrected chi connectivity index (χ3v) is 8.08. The number of sulfonamides is 1. The lowest BCUT2D eigenvalue weighted by atomic mass is 10.2. The predicted molar refractivity (Wildman–Crippen MR) is 155 cm³/mol. The number of carbonyl (C=O) groups is 1. The summed E-state index contributed by atoms with van der Waals surface area (Å²) in [4.78, 5) is 13.0. The summed E-state index contributed by atoms with van der Waals surface area (Å²) in [5.41, 5.74) is 6.07. The van der Waals surface area contributed by atoms with Crippen molar-refractivity contribution in [1.29, 1.82) is 0 Å². The average Bonchev–Trinajstić information content (AvgIpc) is 2.93. The van der Waals surface area contributed by atoms with Crippen LogP contribution < -0.4 is 14.5 Å². The molecule has 1 amide bonds. The van der Waals surface area contributed by atoms with Crippen molar-refractivity contribution in [3.63, 3.8) is 0 Å². The van der Waals surface area contributed by atoms with Gasteiger partial charge in [0.2, 0.25) is 0 Å². The normalized spacial score (nSPS) is 11.4. The summed E-state index contributed by atoms with van der Waals surface area (Å²) >= 11 is 6.28. The summed E-state index contributed by atoms with van der Waals surface area (Å²) in [5, 5.41) is 4.44. The van der Waals surface area contributed by atoms with Gasteiger partial charge in [-0.25, -0.2) is 13.8 Å². The molecule has 0 aliphatic rings. The molecule has 0 unspecified atom stereocenters. The van der Waals surface area contributed by atoms with Gasteiger partial charge in [0.25, 0.3) is 15.9 Å². The van der Waals surface area contributed by atoms with Crippen molar-refractivity contribution >= 4 is 39.4 Å². The summed E-state index contributed by atoms with van der Waals surface area (Å²) in [6.07, 6.45) is 1.46. The first-order valence-corrected chi connectivity index (χ1v) is 14.0. The summed E-state index contributed by atoms with van der Waals surface area (Å²) in [6.45, 7) is 3.56. The third-order valence-electron chi connectivity index (χ3n) is 5.89. The number of amides is 1. The fourth-order valence-corrected chi connectivity index (χ4v) is 5.27. The first-order chi connectivity index (χ1) is 18.7. The van der Waals surface area contributed by atoms with Crippen LogP contribution in [0.5, 0.6) is 5.75 Å². The van der Waals surface area contributed by atoms with Crippen LogP contribution in [0.2, 0.25) is 5.02 Å². The SMILES string of the molecule is Cc1ccc(S(=O)(=O)N(CC(=O)N/N=C\c2ccccc2OCc2ccccc2)c2ccc(C)c(Cl)c2)cc1. The number of halogens is 1. The zero-order chi connectivity index (χ0) is 27.8. The minimum atomic E-state index is -4.07. The molecule has 0 aliphatic carbocycles. The number of nitrogens with zero attached hydrogens (tertiary/aromatic N) is 2. The molecule has 0 fully saturated rings. The maximum atomic E-state index is 13.6. The van der Waals surface area contributed by atoms with Crippen LogP contribution in [-0.2, 0) is 21.4 Å². The number of hydrazone groups is 1. The molecule has 1 N–H and O–H groups in total. The van der Waals surface area contributed by atoms with Crippen LogP contribution in [-0.4, -0.2) is 27.1 Å². The maximum absolute atomic E-state index is 13.6. The molecular formula is C30H28ClN3O4S. The average molecular weight is 562 g/mol. The number of nitrogens with one attached hydrogen (secondary N) is 1. The van der Waals surface area contributed by atoms with Gasteiger partial charge < -0.3 is 4.74 Å². The van der Waals surface area contributed by atoms with Crippen molar-refractivity contribution in [3.8, 4) is 5.75 Å². The number of ether oxygens (including phenoxy) is 1. The van der Waals surface area contributed by atoms with E-state index in [1.54, 1.807) is 30.3 Å². The minimum Gasteiger partial charge on any atom is -0.488 e. The minimum absolute atomic E-state index is 0.0607. The molecule has 9 heteroatoms. The van der Waals surface area contributed by atoms with Crippen molar-refractivity contribution in [2.75, 3.05) is 10.8 Å². The number of benzene rings is 4. The maximum Gasteiger partial charge on any atom is 0.264 e. The van der Waals surface area contributed by atoms with Crippen molar-refractivity contribution < 1.29 is 17.9 Å². The fraction of sp³-hybridized carbons (Fsp3) is 0.133.